The Morgan fingerprint density at radius 2 is 2.00 bits per heavy atom. The highest BCUT2D eigenvalue weighted by molar-refractivity contribution is 5.87. The quantitative estimate of drug-likeness (QED) is 0.814. The molecule has 2 aromatic rings. The molecule has 1 unspecified atom stereocenters. The Kier molecular flexibility index (Phi) is 4.09. The lowest BCUT2D eigenvalue weighted by Crippen LogP contribution is -2.28. The topological polar surface area (TPSA) is 46.6 Å². The molecule has 1 aliphatic heterocycles. The van der Waals surface area contributed by atoms with Gasteiger partial charge in [0.1, 0.15) is 0 Å². The maximum Gasteiger partial charge on any atom is 0.310 e. The number of rotatable bonds is 4. The fraction of sp³-hybridized carbons (Fsp3) is 0.333. The lowest BCUT2D eigenvalue weighted by atomic mass is 10.1. The Labute approximate surface area is 129 Å². The highest BCUT2D eigenvalue weighted by atomic mass is 16.5. The van der Waals surface area contributed by atoms with Crippen molar-refractivity contribution in [2.75, 3.05) is 20.2 Å². The summed E-state index contributed by atoms with van der Waals surface area (Å²) in [5.74, 6) is -0.563. The van der Waals surface area contributed by atoms with Crippen LogP contribution in [0.25, 0.3) is 10.8 Å². The van der Waals surface area contributed by atoms with Gasteiger partial charge in [-0.15, -0.1) is 0 Å². The van der Waals surface area contributed by atoms with Gasteiger partial charge in [0.2, 0.25) is 5.91 Å². The standard InChI is InChI=1S/C18H19NO3/c1-22-18(21)16-11-17(20)19(12-16)9-8-13-6-7-14-4-2-3-5-15(14)10-13/h2-7,10,16H,8-9,11-12H2,1H3. The van der Waals surface area contributed by atoms with Crippen molar-refractivity contribution in [3.63, 3.8) is 0 Å². The van der Waals surface area contributed by atoms with E-state index in [-0.39, 0.29) is 24.2 Å². The first-order valence-corrected chi connectivity index (χ1v) is 7.50. The number of methoxy groups -OCH3 is 1. The smallest absolute Gasteiger partial charge is 0.310 e. The molecule has 0 saturated carbocycles. The van der Waals surface area contributed by atoms with Crippen molar-refractivity contribution >= 4 is 22.6 Å². The molecule has 0 N–H and O–H groups in total. The number of carbonyl (C=O) groups excluding carboxylic acids is 2. The minimum absolute atomic E-state index is 0.0381. The lowest BCUT2D eigenvalue weighted by molar-refractivity contribution is -0.145. The Bertz CT molecular complexity index is 710. The van der Waals surface area contributed by atoms with E-state index in [1.54, 1.807) is 4.90 Å². The summed E-state index contributed by atoms with van der Waals surface area (Å²) in [5.41, 5.74) is 1.20. The number of fused-ring (bicyclic) bond motifs is 1. The van der Waals surface area contributed by atoms with Gasteiger partial charge < -0.3 is 9.64 Å². The molecular formula is C18H19NO3. The van der Waals surface area contributed by atoms with Crippen LogP contribution in [0.3, 0.4) is 0 Å². The molecule has 4 heteroatoms. The molecule has 0 radical (unpaired) electrons. The molecule has 1 amide bonds. The van der Waals surface area contributed by atoms with Gasteiger partial charge in [0.25, 0.3) is 0 Å². The summed E-state index contributed by atoms with van der Waals surface area (Å²) in [5, 5.41) is 2.43. The predicted molar refractivity (Wildman–Crippen MR) is 84.4 cm³/mol. The molecule has 1 atom stereocenters. The number of amides is 1. The van der Waals surface area contributed by atoms with Crippen molar-refractivity contribution < 1.29 is 14.3 Å². The molecule has 114 valence electrons. The average molecular weight is 297 g/mol. The van der Waals surface area contributed by atoms with E-state index in [9.17, 15) is 9.59 Å². The van der Waals surface area contributed by atoms with Gasteiger partial charge in [0.15, 0.2) is 0 Å². The van der Waals surface area contributed by atoms with Crippen LogP contribution in [0.1, 0.15) is 12.0 Å². The number of likely N-dealkylation sites (tertiary alicyclic amines) is 1. The van der Waals surface area contributed by atoms with Crippen LogP contribution in [0.2, 0.25) is 0 Å². The van der Waals surface area contributed by atoms with E-state index in [4.69, 9.17) is 4.74 Å². The second-order valence-electron chi connectivity index (χ2n) is 5.70. The molecule has 3 rings (SSSR count). The first kappa shape index (κ1) is 14.6. The Morgan fingerprint density at radius 3 is 2.77 bits per heavy atom. The van der Waals surface area contributed by atoms with Gasteiger partial charge in [0, 0.05) is 19.5 Å². The zero-order valence-electron chi connectivity index (χ0n) is 12.6. The van der Waals surface area contributed by atoms with E-state index < -0.39 is 0 Å². The van der Waals surface area contributed by atoms with Crippen LogP contribution >= 0.6 is 0 Å². The molecule has 1 aliphatic rings. The highest BCUT2D eigenvalue weighted by Crippen LogP contribution is 2.20. The number of esters is 1. The van der Waals surface area contributed by atoms with E-state index in [0.717, 1.165) is 6.42 Å². The van der Waals surface area contributed by atoms with Crippen molar-refractivity contribution in [3.05, 3.63) is 48.0 Å². The van der Waals surface area contributed by atoms with E-state index in [2.05, 4.69) is 30.3 Å². The molecule has 1 fully saturated rings. The zero-order chi connectivity index (χ0) is 15.5. The minimum atomic E-state index is -0.311. The van der Waals surface area contributed by atoms with E-state index in [1.165, 1.54) is 23.4 Å². The van der Waals surface area contributed by atoms with Crippen LogP contribution < -0.4 is 0 Å². The minimum Gasteiger partial charge on any atom is -0.469 e. The summed E-state index contributed by atoms with van der Waals surface area (Å²) in [7, 11) is 1.37. The van der Waals surface area contributed by atoms with E-state index in [0.29, 0.717) is 13.1 Å². The van der Waals surface area contributed by atoms with Crippen LogP contribution in [0.4, 0.5) is 0 Å². The second-order valence-corrected chi connectivity index (χ2v) is 5.70. The van der Waals surface area contributed by atoms with Gasteiger partial charge in [-0.2, -0.15) is 0 Å². The normalized spacial score (nSPS) is 18.0. The van der Waals surface area contributed by atoms with E-state index >= 15 is 0 Å². The monoisotopic (exact) mass is 297 g/mol. The first-order chi connectivity index (χ1) is 10.7. The summed E-state index contributed by atoms with van der Waals surface area (Å²) in [4.78, 5) is 25.2. The second kappa shape index (κ2) is 6.18. The van der Waals surface area contributed by atoms with Gasteiger partial charge >= 0.3 is 5.97 Å². The number of nitrogens with zero attached hydrogens (tertiary/aromatic N) is 1. The van der Waals surface area contributed by atoms with Crippen molar-refractivity contribution in [2.24, 2.45) is 5.92 Å². The Hall–Kier alpha value is -2.36. The predicted octanol–water partition coefficient (Wildman–Crippen LogP) is 2.40. The maximum absolute atomic E-state index is 12.0. The first-order valence-electron chi connectivity index (χ1n) is 7.50. The SMILES string of the molecule is COC(=O)C1CC(=O)N(CCc2ccc3ccccc3c2)C1. The molecule has 0 aromatic heterocycles. The maximum atomic E-state index is 12.0. The van der Waals surface area contributed by atoms with Gasteiger partial charge in [0.05, 0.1) is 13.0 Å². The molecular weight excluding hydrogens is 278 g/mol. The van der Waals surface area contributed by atoms with Crippen LogP contribution in [-0.2, 0) is 20.7 Å². The van der Waals surface area contributed by atoms with Gasteiger partial charge in [-0.1, -0.05) is 42.5 Å². The number of hydrogen-bond donors (Lipinski definition) is 0. The summed E-state index contributed by atoms with van der Waals surface area (Å²) >= 11 is 0. The average Bonchev–Trinajstić information content (AvgIpc) is 2.93. The fourth-order valence-electron chi connectivity index (χ4n) is 2.97. The van der Waals surface area contributed by atoms with Crippen LogP contribution in [0.15, 0.2) is 42.5 Å². The summed E-state index contributed by atoms with van der Waals surface area (Å²) in [6, 6.07) is 14.6. The lowest BCUT2D eigenvalue weighted by Gasteiger charge is -2.16. The third-order valence-electron chi connectivity index (χ3n) is 4.23. The van der Waals surface area contributed by atoms with Gasteiger partial charge in [-0.25, -0.2) is 0 Å². The number of hydrogen-bond acceptors (Lipinski definition) is 3. The van der Waals surface area contributed by atoms with Crippen molar-refractivity contribution in [2.45, 2.75) is 12.8 Å². The molecule has 1 saturated heterocycles. The number of ether oxygens (including phenoxy) is 1. The summed E-state index contributed by atoms with van der Waals surface area (Å²) < 4.78 is 4.72. The Morgan fingerprint density at radius 1 is 1.23 bits per heavy atom. The highest BCUT2D eigenvalue weighted by Gasteiger charge is 2.34. The molecule has 22 heavy (non-hydrogen) atoms. The number of carbonyl (C=O) groups is 2. The number of benzene rings is 2. The molecule has 0 bridgehead atoms. The largest absolute Gasteiger partial charge is 0.469 e. The van der Waals surface area contributed by atoms with Crippen molar-refractivity contribution in [3.8, 4) is 0 Å². The molecule has 1 heterocycles. The van der Waals surface area contributed by atoms with Crippen LogP contribution in [0, 0.1) is 5.92 Å². The third kappa shape index (κ3) is 2.96. The summed E-state index contributed by atoms with van der Waals surface area (Å²) in [6.45, 7) is 1.11. The van der Waals surface area contributed by atoms with Gasteiger partial charge in [-0.05, 0) is 22.8 Å². The summed E-state index contributed by atoms with van der Waals surface area (Å²) in [6.07, 6.45) is 1.06. The molecule has 0 aliphatic carbocycles. The zero-order valence-corrected chi connectivity index (χ0v) is 12.6. The van der Waals surface area contributed by atoms with Crippen LogP contribution in [-0.4, -0.2) is 37.0 Å². The Balaban J connectivity index is 1.64. The molecule has 2 aromatic carbocycles. The van der Waals surface area contributed by atoms with Crippen molar-refractivity contribution in [1.29, 1.82) is 0 Å². The van der Waals surface area contributed by atoms with Gasteiger partial charge in [-0.3, -0.25) is 9.59 Å². The third-order valence-corrected chi connectivity index (χ3v) is 4.23. The molecule has 0 spiro atoms. The van der Waals surface area contributed by atoms with E-state index in [1.807, 2.05) is 12.1 Å². The fourth-order valence-corrected chi connectivity index (χ4v) is 2.97. The molecule has 4 nitrogen and oxygen atoms in total. The van der Waals surface area contributed by atoms with Crippen molar-refractivity contribution in [1.82, 2.24) is 4.90 Å². The van der Waals surface area contributed by atoms with Crippen LogP contribution in [0.5, 0.6) is 0 Å².